The number of furan rings is 2. The van der Waals surface area contributed by atoms with Crippen molar-refractivity contribution in [3.63, 3.8) is 0 Å². The van der Waals surface area contributed by atoms with Crippen molar-refractivity contribution in [2.75, 3.05) is 9.80 Å². The number of benzene rings is 14. The Morgan fingerprint density at radius 1 is 0.212 bits per heavy atom. The second kappa shape index (κ2) is 18.5. The van der Waals surface area contributed by atoms with Gasteiger partial charge in [-0.25, -0.2) is 0 Å². The monoisotopic (exact) mass is 1020 g/mol. The largest absolute Gasteiger partial charge is 0.454 e. The summed E-state index contributed by atoms with van der Waals surface area (Å²) in [5.74, 6) is 0. The average molecular weight is 1020 g/mol. The van der Waals surface area contributed by atoms with Crippen molar-refractivity contribution in [3.8, 4) is 44.5 Å². The molecule has 2 heterocycles. The molecule has 80 heavy (non-hydrogen) atoms. The molecule has 0 aliphatic carbocycles. The third-order valence-electron chi connectivity index (χ3n) is 16.2. The third-order valence-corrected chi connectivity index (χ3v) is 16.2. The second-order valence-electron chi connectivity index (χ2n) is 20.7. The fourth-order valence-corrected chi connectivity index (χ4v) is 12.5. The summed E-state index contributed by atoms with van der Waals surface area (Å²) in [6.45, 7) is 0. The van der Waals surface area contributed by atoms with Gasteiger partial charge in [0.05, 0.1) is 34.1 Å². The van der Waals surface area contributed by atoms with Gasteiger partial charge in [0.25, 0.3) is 0 Å². The van der Waals surface area contributed by atoms with Gasteiger partial charge in [-0.05, 0) is 104 Å². The van der Waals surface area contributed by atoms with Gasteiger partial charge in [-0.3, -0.25) is 0 Å². The molecule has 4 nitrogen and oxygen atoms in total. The molecule has 0 atom stereocenters. The highest BCUT2D eigenvalue weighted by atomic mass is 16.3. The molecule has 0 radical (unpaired) electrons. The van der Waals surface area contributed by atoms with Crippen LogP contribution in [0.25, 0.3) is 121 Å². The van der Waals surface area contributed by atoms with Crippen molar-refractivity contribution in [1.29, 1.82) is 0 Å². The number of anilines is 6. The van der Waals surface area contributed by atoms with Gasteiger partial charge in [-0.15, -0.1) is 0 Å². The summed E-state index contributed by atoms with van der Waals surface area (Å²) in [5.41, 5.74) is 18.1. The van der Waals surface area contributed by atoms with Crippen molar-refractivity contribution >= 4 is 110 Å². The van der Waals surface area contributed by atoms with Crippen LogP contribution >= 0.6 is 0 Å². The van der Waals surface area contributed by atoms with Crippen molar-refractivity contribution in [3.05, 3.63) is 291 Å². The molecule has 0 aliphatic rings. The predicted octanol–water partition coefficient (Wildman–Crippen LogP) is 22.0. The summed E-state index contributed by atoms with van der Waals surface area (Å²) in [6.07, 6.45) is 0. The fourth-order valence-electron chi connectivity index (χ4n) is 12.5. The van der Waals surface area contributed by atoms with Crippen LogP contribution in [0.3, 0.4) is 0 Å². The van der Waals surface area contributed by atoms with E-state index in [1.54, 1.807) is 0 Å². The lowest BCUT2D eigenvalue weighted by Crippen LogP contribution is -2.16. The zero-order valence-electron chi connectivity index (χ0n) is 43.4. The molecule has 0 spiro atoms. The van der Waals surface area contributed by atoms with E-state index in [0.29, 0.717) is 0 Å². The first kappa shape index (κ1) is 45.5. The molecule has 0 aliphatic heterocycles. The van der Waals surface area contributed by atoms with Crippen molar-refractivity contribution < 1.29 is 8.83 Å². The molecule has 16 aromatic rings. The molecule has 2 aromatic heterocycles. The lowest BCUT2D eigenvalue weighted by Gasteiger charge is -2.34. The van der Waals surface area contributed by atoms with Crippen LogP contribution in [0.5, 0.6) is 0 Å². The number of hydrogen-bond donors (Lipinski definition) is 0. The Morgan fingerprint density at radius 2 is 0.600 bits per heavy atom. The maximum absolute atomic E-state index is 7.11. The number of para-hydroxylation sites is 4. The van der Waals surface area contributed by atoms with Gasteiger partial charge in [-0.2, -0.15) is 0 Å². The van der Waals surface area contributed by atoms with Crippen LogP contribution in [-0.4, -0.2) is 0 Å². The average Bonchev–Trinajstić information content (AvgIpc) is 4.18. The molecule has 0 bridgehead atoms. The van der Waals surface area contributed by atoms with Crippen LogP contribution in [0.15, 0.2) is 300 Å². The molecule has 14 aromatic carbocycles. The topological polar surface area (TPSA) is 32.8 Å². The van der Waals surface area contributed by atoms with E-state index >= 15 is 0 Å². The maximum Gasteiger partial charge on any atom is 0.159 e. The highest BCUT2D eigenvalue weighted by molar-refractivity contribution is 6.30. The molecule has 0 unspecified atom stereocenters. The van der Waals surface area contributed by atoms with E-state index in [0.717, 1.165) is 133 Å². The normalized spacial score (nSPS) is 11.8. The van der Waals surface area contributed by atoms with E-state index in [1.165, 1.54) is 21.5 Å². The molecule has 0 saturated carbocycles. The highest BCUT2D eigenvalue weighted by Crippen LogP contribution is 2.55. The van der Waals surface area contributed by atoms with Gasteiger partial charge in [0.1, 0.15) is 11.2 Å². The van der Waals surface area contributed by atoms with Gasteiger partial charge in [0, 0.05) is 48.8 Å². The van der Waals surface area contributed by atoms with Gasteiger partial charge in [0.2, 0.25) is 0 Å². The number of rotatable bonds is 10. The molecular weight excluding hydrogens is 973 g/mol. The van der Waals surface area contributed by atoms with Crippen molar-refractivity contribution in [2.45, 2.75) is 0 Å². The standard InChI is InChI=1S/C76H48N2O2/c1-5-20-49(21-6-1)55-40-44-65(63(46-55)51-24-9-3-10-25-51)77(67-34-18-32-59-57-30-13-15-36-71(57)79-75(59)67)69-48-70(62-43-39-54-29-17-28-53-38-42-61(69)74(62)73(53)54)78(68-35-19-33-60-58-31-14-16-37-72(58)80-76(60)68)66-45-41-56(50-22-7-2-8-23-50)47-64(66)52-26-11-4-12-27-52/h1-48H. The van der Waals surface area contributed by atoms with E-state index in [1.807, 2.05) is 0 Å². The Bertz CT molecular complexity index is 4700. The molecule has 16 rings (SSSR count). The molecule has 0 fully saturated rings. The van der Waals surface area contributed by atoms with Crippen molar-refractivity contribution in [2.24, 2.45) is 0 Å². The second-order valence-corrected chi connectivity index (χ2v) is 20.7. The van der Waals surface area contributed by atoms with Gasteiger partial charge in [0.15, 0.2) is 11.2 Å². The Balaban J connectivity index is 1.08. The Hall–Kier alpha value is -10.7. The van der Waals surface area contributed by atoms with Crippen molar-refractivity contribution in [1.82, 2.24) is 0 Å². The number of nitrogens with zero attached hydrogens (tertiary/aromatic N) is 2. The van der Waals surface area contributed by atoms with E-state index in [4.69, 9.17) is 8.83 Å². The van der Waals surface area contributed by atoms with E-state index in [2.05, 4.69) is 301 Å². The van der Waals surface area contributed by atoms with Crippen LogP contribution in [0, 0.1) is 0 Å². The van der Waals surface area contributed by atoms with Gasteiger partial charge in [-0.1, -0.05) is 237 Å². The number of hydrogen-bond acceptors (Lipinski definition) is 4. The first-order valence-electron chi connectivity index (χ1n) is 27.3. The first-order valence-corrected chi connectivity index (χ1v) is 27.3. The quantitative estimate of drug-likeness (QED) is 0.128. The summed E-state index contributed by atoms with van der Waals surface area (Å²) >= 11 is 0. The minimum absolute atomic E-state index is 0.804. The van der Waals surface area contributed by atoms with E-state index < -0.39 is 0 Å². The zero-order valence-corrected chi connectivity index (χ0v) is 43.4. The molecule has 4 heteroatoms. The zero-order chi connectivity index (χ0) is 52.7. The Labute approximate surface area is 462 Å². The summed E-state index contributed by atoms with van der Waals surface area (Å²) in [5, 5.41) is 11.2. The van der Waals surface area contributed by atoms with Gasteiger partial charge >= 0.3 is 0 Å². The molecular formula is C76H48N2O2. The minimum atomic E-state index is 0.804. The lowest BCUT2D eigenvalue weighted by atomic mass is 9.90. The predicted molar refractivity (Wildman–Crippen MR) is 336 cm³/mol. The minimum Gasteiger partial charge on any atom is -0.454 e. The summed E-state index contributed by atoms with van der Waals surface area (Å²) < 4.78 is 14.2. The smallest absolute Gasteiger partial charge is 0.159 e. The van der Waals surface area contributed by atoms with Crippen LogP contribution in [0.4, 0.5) is 34.1 Å². The van der Waals surface area contributed by atoms with Crippen LogP contribution in [-0.2, 0) is 0 Å². The molecule has 0 N–H and O–H groups in total. The fraction of sp³-hybridized carbons (Fsp3) is 0. The summed E-state index contributed by atoms with van der Waals surface area (Å²) in [4.78, 5) is 4.96. The molecule has 0 amide bonds. The lowest BCUT2D eigenvalue weighted by molar-refractivity contribution is 0.669. The maximum atomic E-state index is 7.11. The van der Waals surface area contributed by atoms with Gasteiger partial charge < -0.3 is 18.6 Å². The van der Waals surface area contributed by atoms with E-state index in [-0.39, 0.29) is 0 Å². The molecule has 0 saturated heterocycles. The van der Waals surface area contributed by atoms with Crippen LogP contribution in [0.1, 0.15) is 0 Å². The van der Waals surface area contributed by atoms with E-state index in [9.17, 15) is 0 Å². The van der Waals surface area contributed by atoms with Crippen LogP contribution in [0.2, 0.25) is 0 Å². The highest BCUT2D eigenvalue weighted by Gasteiger charge is 2.30. The third kappa shape index (κ3) is 7.31. The molecule has 374 valence electrons. The summed E-state index contributed by atoms with van der Waals surface area (Å²) in [6, 6.07) is 105. The number of fused-ring (bicyclic) bond motifs is 6. The van der Waals surface area contributed by atoms with Crippen LogP contribution < -0.4 is 9.80 Å². The SMILES string of the molecule is c1ccc(-c2ccc(N(c3cc(N(c4ccc(-c5ccccc5)cc4-c4ccccc4)c4cccc5c4oc4ccccc45)c4ccc5cccc6ccc3c4c65)c3cccc4c3oc3ccccc34)c(-c3ccccc3)c2)cc1. The summed E-state index contributed by atoms with van der Waals surface area (Å²) in [7, 11) is 0. The Morgan fingerprint density at radius 3 is 1.05 bits per heavy atom. The first-order chi connectivity index (χ1) is 39.7. The Kier molecular flexibility index (Phi) is 10.5.